The van der Waals surface area contributed by atoms with Crippen molar-refractivity contribution in [3.63, 3.8) is 0 Å². The van der Waals surface area contributed by atoms with Crippen LogP contribution in [0.25, 0.3) is 0 Å². The monoisotopic (exact) mass is 206 g/mol. The Hall–Kier alpha value is -1.35. The molecular formula is C12H18N2O. The number of nitrogens with one attached hydrogen (secondary N) is 1. The first-order chi connectivity index (χ1) is 7.22. The smallest absolute Gasteiger partial charge is 0.137 e. The highest BCUT2D eigenvalue weighted by molar-refractivity contribution is 5.19. The number of pyridine rings is 1. The van der Waals surface area contributed by atoms with E-state index in [-0.39, 0.29) is 0 Å². The predicted octanol–water partition coefficient (Wildman–Crippen LogP) is 2.15. The minimum absolute atomic E-state index is 0.669. The van der Waals surface area contributed by atoms with Gasteiger partial charge in [-0.2, -0.15) is 0 Å². The maximum atomic E-state index is 5.51. The molecule has 0 bridgehead atoms. The summed E-state index contributed by atoms with van der Waals surface area (Å²) < 4.78 is 5.51. The Labute approximate surface area is 91.2 Å². The van der Waals surface area contributed by atoms with E-state index in [1.54, 1.807) is 6.20 Å². The summed E-state index contributed by atoms with van der Waals surface area (Å²) in [5.74, 6) is 0.816. The molecule has 82 valence electrons. The van der Waals surface area contributed by atoms with Crippen molar-refractivity contribution in [3.05, 3.63) is 36.2 Å². The average molecular weight is 206 g/mol. The molecule has 0 aliphatic rings. The molecule has 0 atom stereocenters. The summed E-state index contributed by atoms with van der Waals surface area (Å²) in [6, 6.07) is 3.91. The molecule has 0 unspecified atom stereocenters. The maximum Gasteiger partial charge on any atom is 0.137 e. The quantitative estimate of drug-likeness (QED) is 0.724. The van der Waals surface area contributed by atoms with E-state index < -0.39 is 0 Å². The molecule has 0 aliphatic heterocycles. The molecule has 0 saturated heterocycles. The Kier molecular flexibility index (Phi) is 4.84. The average Bonchev–Trinajstić information content (AvgIpc) is 2.20. The molecule has 1 rings (SSSR count). The Balaban J connectivity index is 2.39. The van der Waals surface area contributed by atoms with Crippen LogP contribution < -0.4 is 10.1 Å². The Morgan fingerprint density at radius 3 is 2.87 bits per heavy atom. The molecule has 0 amide bonds. The molecule has 1 aromatic heterocycles. The number of hydrogen-bond donors (Lipinski definition) is 1. The lowest BCUT2D eigenvalue weighted by molar-refractivity contribution is 0.320. The zero-order chi connectivity index (χ0) is 11.1. The van der Waals surface area contributed by atoms with Gasteiger partial charge in [0.05, 0.1) is 18.5 Å². The summed E-state index contributed by atoms with van der Waals surface area (Å²) in [5.41, 5.74) is 2.15. The van der Waals surface area contributed by atoms with Gasteiger partial charge in [-0.05, 0) is 26.1 Å². The minimum atomic E-state index is 0.669. The molecule has 15 heavy (non-hydrogen) atoms. The largest absolute Gasteiger partial charge is 0.492 e. The van der Waals surface area contributed by atoms with Crippen LogP contribution in [-0.2, 0) is 6.54 Å². The molecule has 0 radical (unpaired) electrons. The zero-order valence-corrected chi connectivity index (χ0v) is 9.42. The van der Waals surface area contributed by atoms with Crippen LogP contribution in [0.1, 0.15) is 19.0 Å². The number of ether oxygens (including phenoxy) is 1. The van der Waals surface area contributed by atoms with Gasteiger partial charge in [0.25, 0.3) is 0 Å². The highest BCUT2D eigenvalue weighted by atomic mass is 16.5. The van der Waals surface area contributed by atoms with E-state index in [4.69, 9.17) is 4.74 Å². The fourth-order valence-corrected chi connectivity index (χ4v) is 1.13. The van der Waals surface area contributed by atoms with Gasteiger partial charge in [0.15, 0.2) is 0 Å². The first-order valence-electron chi connectivity index (χ1n) is 5.09. The lowest BCUT2D eigenvalue weighted by atomic mass is 10.3. The van der Waals surface area contributed by atoms with E-state index >= 15 is 0 Å². The third kappa shape index (κ3) is 4.61. The molecule has 0 spiro atoms. The van der Waals surface area contributed by atoms with E-state index in [0.29, 0.717) is 6.61 Å². The Morgan fingerprint density at radius 2 is 2.33 bits per heavy atom. The second-order valence-electron chi connectivity index (χ2n) is 3.57. The summed E-state index contributed by atoms with van der Waals surface area (Å²) in [5, 5.41) is 3.05. The fraction of sp³-hybridized carbons (Fsp3) is 0.417. The molecule has 3 heteroatoms. The van der Waals surface area contributed by atoms with Crippen molar-refractivity contribution >= 4 is 0 Å². The second-order valence-corrected chi connectivity index (χ2v) is 3.57. The third-order valence-electron chi connectivity index (χ3n) is 1.95. The van der Waals surface area contributed by atoms with Crippen LogP contribution in [0, 0.1) is 0 Å². The minimum Gasteiger partial charge on any atom is -0.492 e. The maximum absolute atomic E-state index is 5.51. The highest BCUT2D eigenvalue weighted by Crippen LogP contribution is 2.10. The molecule has 0 aliphatic carbocycles. The zero-order valence-electron chi connectivity index (χ0n) is 9.42. The van der Waals surface area contributed by atoms with Crippen LogP contribution in [0.4, 0.5) is 0 Å². The van der Waals surface area contributed by atoms with E-state index in [1.807, 2.05) is 26.1 Å². The lowest BCUT2D eigenvalue weighted by Crippen LogP contribution is -2.06. The van der Waals surface area contributed by atoms with Gasteiger partial charge in [0.1, 0.15) is 5.75 Å². The van der Waals surface area contributed by atoms with Crippen molar-refractivity contribution in [1.29, 1.82) is 0 Å². The van der Waals surface area contributed by atoms with Crippen molar-refractivity contribution in [2.75, 3.05) is 13.7 Å². The van der Waals surface area contributed by atoms with Crippen LogP contribution in [0.3, 0.4) is 0 Å². The molecular weight excluding hydrogens is 188 g/mol. The Morgan fingerprint density at radius 1 is 1.53 bits per heavy atom. The van der Waals surface area contributed by atoms with Gasteiger partial charge >= 0.3 is 0 Å². The van der Waals surface area contributed by atoms with Gasteiger partial charge in [-0.1, -0.05) is 5.57 Å². The SMILES string of the molecule is C=C(C)CCOc1ccc(CNC)nc1. The first kappa shape index (κ1) is 11.7. The van der Waals surface area contributed by atoms with E-state index in [9.17, 15) is 0 Å². The molecule has 0 saturated carbocycles. The summed E-state index contributed by atoms with van der Waals surface area (Å²) in [7, 11) is 1.90. The normalized spacial score (nSPS) is 10.0. The van der Waals surface area contributed by atoms with Gasteiger partial charge in [-0.3, -0.25) is 4.98 Å². The number of aromatic nitrogens is 1. The van der Waals surface area contributed by atoms with Crippen LogP contribution in [-0.4, -0.2) is 18.6 Å². The summed E-state index contributed by atoms with van der Waals surface area (Å²) in [6.07, 6.45) is 2.64. The third-order valence-corrected chi connectivity index (χ3v) is 1.95. The van der Waals surface area contributed by atoms with Gasteiger partial charge in [-0.25, -0.2) is 0 Å². The first-order valence-corrected chi connectivity index (χ1v) is 5.09. The van der Waals surface area contributed by atoms with Gasteiger partial charge < -0.3 is 10.1 Å². The second kappa shape index (κ2) is 6.19. The molecule has 0 aromatic carbocycles. The van der Waals surface area contributed by atoms with E-state index in [1.165, 1.54) is 0 Å². The van der Waals surface area contributed by atoms with Crippen molar-refractivity contribution in [1.82, 2.24) is 10.3 Å². The molecule has 1 heterocycles. The molecule has 1 N–H and O–H groups in total. The van der Waals surface area contributed by atoms with Gasteiger partial charge in [-0.15, -0.1) is 6.58 Å². The highest BCUT2D eigenvalue weighted by Gasteiger charge is 1.96. The van der Waals surface area contributed by atoms with Crippen LogP contribution in [0.15, 0.2) is 30.5 Å². The van der Waals surface area contributed by atoms with E-state index in [2.05, 4.69) is 16.9 Å². The van der Waals surface area contributed by atoms with Crippen LogP contribution >= 0.6 is 0 Å². The van der Waals surface area contributed by atoms with Crippen molar-refractivity contribution in [3.8, 4) is 5.75 Å². The summed E-state index contributed by atoms with van der Waals surface area (Å²) >= 11 is 0. The molecule has 1 aromatic rings. The number of rotatable bonds is 6. The van der Waals surface area contributed by atoms with Crippen molar-refractivity contribution in [2.45, 2.75) is 19.9 Å². The molecule has 0 fully saturated rings. The lowest BCUT2D eigenvalue weighted by Gasteiger charge is -2.06. The van der Waals surface area contributed by atoms with E-state index in [0.717, 1.165) is 30.0 Å². The Bertz CT molecular complexity index is 306. The number of nitrogens with zero attached hydrogens (tertiary/aromatic N) is 1. The fourth-order valence-electron chi connectivity index (χ4n) is 1.13. The summed E-state index contributed by atoms with van der Waals surface area (Å²) in [6.45, 7) is 7.27. The van der Waals surface area contributed by atoms with Crippen LogP contribution in [0.2, 0.25) is 0 Å². The number of hydrogen-bond acceptors (Lipinski definition) is 3. The van der Waals surface area contributed by atoms with Gasteiger partial charge in [0.2, 0.25) is 0 Å². The standard InChI is InChI=1S/C12H18N2O/c1-10(2)6-7-15-12-5-4-11(8-13-3)14-9-12/h4-5,9,13H,1,6-8H2,2-3H3. The van der Waals surface area contributed by atoms with Gasteiger partial charge in [0, 0.05) is 13.0 Å². The summed E-state index contributed by atoms with van der Waals surface area (Å²) in [4.78, 5) is 4.26. The van der Waals surface area contributed by atoms with Crippen molar-refractivity contribution in [2.24, 2.45) is 0 Å². The predicted molar refractivity (Wildman–Crippen MR) is 61.9 cm³/mol. The van der Waals surface area contributed by atoms with Crippen molar-refractivity contribution < 1.29 is 4.74 Å². The molecule has 3 nitrogen and oxygen atoms in total. The topological polar surface area (TPSA) is 34.1 Å². The van der Waals surface area contributed by atoms with Crippen LogP contribution in [0.5, 0.6) is 5.75 Å².